The van der Waals surface area contributed by atoms with E-state index in [4.69, 9.17) is 9.15 Å². The van der Waals surface area contributed by atoms with Gasteiger partial charge < -0.3 is 19.0 Å². The molecule has 6 nitrogen and oxygen atoms in total. The van der Waals surface area contributed by atoms with Crippen LogP contribution in [0.3, 0.4) is 0 Å². The van der Waals surface area contributed by atoms with Gasteiger partial charge in [0.05, 0.1) is 25.1 Å². The van der Waals surface area contributed by atoms with Crippen molar-refractivity contribution in [1.29, 1.82) is 0 Å². The number of aromatic amines is 1. The molecule has 1 aromatic carbocycles. The largest absolute Gasteiger partial charge is 0.463 e. The molecule has 4 rings (SSSR count). The molecule has 1 unspecified atom stereocenters. The number of pyridine rings is 1. The molecule has 1 aliphatic heterocycles. The summed E-state index contributed by atoms with van der Waals surface area (Å²) in [6.07, 6.45) is 0.939. The Balaban J connectivity index is 1.56. The van der Waals surface area contributed by atoms with Crippen molar-refractivity contribution in [2.24, 2.45) is 0 Å². The number of rotatable bonds is 3. The van der Waals surface area contributed by atoms with Crippen LogP contribution >= 0.6 is 0 Å². The average molecular weight is 368 g/mol. The maximum absolute atomic E-state index is 14.0. The molecule has 7 heteroatoms. The van der Waals surface area contributed by atoms with Crippen LogP contribution in [0.1, 0.15) is 22.0 Å². The van der Waals surface area contributed by atoms with Gasteiger partial charge in [-0.1, -0.05) is 18.2 Å². The molecule has 1 fully saturated rings. The van der Waals surface area contributed by atoms with Crippen molar-refractivity contribution in [1.82, 2.24) is 9.88 Å². The molecular formula is C20H17FN2O4. The highest BCUT2D eigenvalue weighted by Crippen LogP contribution is 2.25. The first-order valence-corrected chi connectivity index (χ1v) is 8.56. The molecule has 0 saturated carbocycles. The summed E-state index contributed by atoms with van der Waals surface area (Å²) in [7, 11) is 0. The molecule has 1 amide bonds. The van der Waals surface area contributed by atoms with Crippen LogP contribution in [-0.2, 0) is 4.74 Å². The van der Waals surface area contributed by atoms with E-state index in [2.05, 4.69) is 4.98 Å². The zero-order chi connectivity index (χ0) is 18.8. The molecule has 138 valence electrons. The third-order valence-corrected chi connectivity index (χ3v) is 4.53. The topological polar surface area (TPSA) is 75.5 Å². The van der Waals surface area contributed by atoms with E-state index < -0.39 is 17.6 Å². The number of aromatic nitrogens is 1. The van der Waals surface area contributed by atoms with Gasteiger partial charge in [-0.2, -0.15) is 0 Å². The minimum absolute atomic E-state index is 0.0273. The Morgan fingerprint density at radius 3 is 2.74 bits per heavy atom. The Bertz CT molecular complexity index is 1010. The highest BCUT2D eigenvalue weighted by atomic mass is 19.1. The molecule has 3 aromatic rings. The van der Waals surface area contributed by atoms with E-state index in [-0.39, 0.29) is 24.5 Å². The van der Waals surface area contributed by atoms with Crippen molar-refractivity contribution in [2.45, 2.75) is 6.10 Å². The molecule has 0 aliphatic carbocycles. The van der Waals surface area contributed by atoms with Gasteiger partial charge >= 0.3 is 0 Å². The number of carbonyl (C=O) groups is 1. The Morgan fingerprint density at radius 2 is 2.00 bits per heavy atom. The highest BCUT2D eigenvalue weighted by molar-refractivity contribution is 5.94. The fourth-order valence-electron chi connectivity index (χ4n) is 3.15. The van der Waals surface area contributed by atoms with Crippen LogP contribution in [0.15, 0.2) is 64.0 Å². The predicted octanol–water partition coefficient (Wildman–Crippen LogP) is 2.99. The number of halogens is 1. The van der Waals surface area contributed by atoms with Gasteiger partial charge in [-0.15, -0.1) is 0 Å². The van der Waals surface area contributed by atoms with Crippen LogP contribution < -0.4 is 5.56 Å². The monoisotopic (exact) mass is 368 g/mol. The van der Waals surface area contributed by atoms with Gasteiger partial charge in [-0.25, -0.2) is 4.39 Å². The molecule has 1 saturated heterocycles. The summed E-state index contributed by atoms with van der Waals surface area (Å²) in [6, 6.07) is 12.9. The van der Waals surface area contributed by atoms with E-state index in [1.165, 1.54) is 23.3 Å². The molecule has 1 N–H and O–H groups in total. The Hall–Kier alpha value is -3.19. The molecular weight excluding hydrogens is 351 g/mol. The Morgan fingerprint density at radius 1 is 1.15 bits per heavy atom. The van der Waals surface area contributed by atoms with Crippen molar-refractivity contribution in [2.75, 3.05) is 19.7 Å². The smallest absolute Gasteiger partial charge is 0.261 e. The molecule has 0 bridgehead atoms. The van der Waals surface area contributed by atoms with Crippen molar-refractivity contribution in [3.63, 3.8) is 0 Å². The lowest BCUT2D eigenvalue weighted by atomic mass is 10.1. The Labute approximate surface area is 154 Å². The van der Waals surface area contributed by atoms with Crippen LogP contribution in [0, 0.1) is 5.82 Å². The Kier molecular flexibility index (Phi) is 4.60. The molecule has 1 aliphatic rings. The van der Waals surface area contributed by atoms with Gasteiger partial charge in [0.15, 0.2) is 0 Å². The number of morpholine rings is 1. The number of benzene rings is 1. The predicted molar refractivity (Wildman–Crippen MR) is 95.8 cm³/mol. The first-order chi connectivity index (χ1) is 13.1. The maximum Gasteiger partial charge on any atom is 0.261 e. The number of nitrogens with one attached hydrogen (secondary N) is 1. The van der Waals surface area contributed by atoms with Gasteiger partial charge in [0.2, 0.25) is 0 Å². The quantitative estimate of drug-likeness (QED) is 0.771. The summed E-state index contributed by atoms with van der Waals surface area (Å²) in [5, 5.41) is 0. The van der Waals surface area contributed by atoms with Crippen LogP contribution in [0.4, 0.5) is 4.39 Å². The number of nitrogens with zero attached hydrogens (tertiary/aromatic N) is 1. The fourth-order valence-corrected chi connectivity index (χ4v) is 3.15. The van der Waals surface area contributed by atoms with Gasteiger partial charge in [-0.3, -0.25) is 9.59 Å². The standard InChI is InChI=1S/C20H17FN2O4/c21-15-5-2-1-4-13(15)18-12-23(9-11-27-18)20(25)14-7-8-16(22-19(14)24)17-6-3-10-26-17/h1-8,10,18H,9,11-12H2,(H,22,24). The van der Waals surface area contributed by atoms with E-state index in [1.807, 2.05) is 0 Å². The maximum atomic E-state index is 14.0. The first kappa shape index (κ1) is 17.2. The fraction of sp³-hybridized carbons (Fsp3) is 0.200. The molecule has 0 spiro atoms. The van der Waals surface area contributed by atoms with E-state index in [0.717, 1.165) is 0 Å². The molecule has 0 radical (unpaired) electrons. The lowest BCUT2D eigenvalue weighted by molar-refractivity contribution is -0.0243. The number of carbonyl (C=O) groups excluding carboxylic acids is 1. The van der Waals surface area contributed by atoms with Gasteiger partial charge in [0.1, 0.15) is 23.2 Å². The van der Waals surface area contributed by atoms with E-state index in [0.29, 0.717) is 23.6 Å². The van der Waals surface area contributed by atoms with Crippen molar-refractivity contribution >= 4 is 5.91 Å². The summed E-state index contributed by atoms with van der Waals surface area (Å²) in [4.78, 5) is 29.4. The van der Waals surface area contributed by atoms with E-state index in [1.54, 1.807) is 36.4 Å². The third kappa shape index (κ3) is 3.41. The lowest BCUT2D eigenvalue weighted by Crippen LogP contribution is -2.44. The SMILES string of the molecule is O=C(c1ccc(-c2ccco2)[nH]c1=O)N1CCOC(c2ccccc2F)C1. The van der Waals surface area contributed by atoms with Gasteiger partial charge in [-0.05, 0) is 30.3 Å². The number of hydrogen-bond acceptors (Lipinski definition) is 4. The van der Waals surface area contributed by atoms with E-state index in [9.17, 15) is 14.0 Å². The molecule has 2 aromatic heterocycles. The zero-order valence-corrected chi connectivity index (χ0v) is 14.4. The summed E-state index contributed by atoms with van der Waals surface area (Å²) in [5.41, 5.74) is 0.423. The average Bonchev–Trinajstić information content (AvgIpc) is 3.23. The normalized spacial score (nSPS) is 17.1. The second kappa shape index (κ2) is 7.20. The molecule has 27 heavy (non-hydrogen) atoms. The van der Waals surface area contributed by atoms with Crippen LogP contribution in [0.25, 0.3) is 11.5 Å². The minimum Gasteiger partial charge on any atom is -0.463 e. The zero-order valence-electron chi connectivity index (χ0n) is 14.4. The van der Waals surface area contributed by atoms with E-state index >= 15 is 0 Å². The highest BCUT2D eigenvalue weighted by Gasteiger charge is 2.28. The van der Waals surface area contributed by atoms with Crippen LogP contribution in [-0.4, -0.2) is 35.5 Å². The van der Waals surface area contributed by atoms with Crippen molar-refractivity contribution in [3.8, 4) is 11.5 Å². The molecule has 1 atom stereocenters. The minimum atomic E-state index is -0.564. The first-order valence-electron chi connectivity index (χ1n) is 8.56. The number of hydrogen-bond donors (Lipinski definition) is 1. The van der Waals surface area contributed by atoms with Gasteiger partial charge in [0.25, 0.3) is 11.5 Å². The van der Waals surface area contributed by atoms with Crippen molar-refractivity contribution in [3.05, 3.63) is 82.1 Å². The van der Waals surface area contributed by atoms with Crippen molar-refractivity contribution < 1.29 is 18.3 Å². The number of ether oxygens (including phenoxy) is 1. The summed E-state index contributed by atoms with van der Waals surface area (Å²) in [6.45, 7) is 0.787. The van der Waals surface area contributed by atoms with Gasteiger partial charge in [0, 0.05) is 12.1 Å². The third-order valence-electron chi connectivity index (χ3n) is 4.53. The number of amides is 1. The summed E-state index contributed by atoms with van der Waals surface area (Å²) in [5.74, 6) is -0.276. The number of furan rings is 1. The summed E-state index contributed by atoms with van der Waals surface area (Å²) >= 11 is 0. The number of H-pyrrole nitrogens is 1. The second-order valence-electron chi connectivity index (χ2n) is 6.22. The van der Waals surface area contributed by atoms with Crippen LogP contribution in [0.5, 0.6) is 0 Å². The molecule has 3 heterocycles. The second-order valence-corrected chi connectivity index (χ2v) is 6.22. The summed E-state index contributed by atoms with van der Waals surface area (Å²) < 4.78 is 24.9. The van der Waals surface area contributed by atoms with Crippen LogP contribution in [0.2, 0.25) is 0 Å². The lowest BCUT2D eigenvalue weighted by Gasteiger charge is -2.33.